The smallest absolute Gasteiger partial charge is 0.326 e. The molecule has 3 nitrogen and oxygen atoms in total. The van der Waals surface area contributed by atoms with Gasteiger partial charge in [0.15, 0.2) is 0 Å². The molecule has 0 saturated heterocycles. The molecule has 0 aromatic carbocycles. The summed E-state index contributed by atoms with van der Waals surface area (Å²) in [5.74, 6) is 1.51. The normalized spacial score (nSPS) is 34.2. The van der Waals surface area contributed by atoms with Gasteiger partial charge >= 0.3 is 5.97 Å². The van der Waals surface area contributed by atoms with Gasteiger partial charge in [-0.25, -0.2) is 0 Å². The van der Waals surface area contributed by atoms with Crippen molar-refractivity contribution in [2.75, 3.05) is 6.61 Å². The number of rotatable bonds is 3. The summed E-state index contributed by atoms with van der Waals surface area (Å²) in [5.41, 5.74) is 5.51. The predicted molar refractivity (Wildman–Crippen MR) is 72.1 cm³/mol. The molecular formula is C15H27NO2. The topological polar surface area (TPSA) is 52.3 Å². The molecule has 0 aliphatic heterocycles. The van der Waals surface area contributed by atoms with E-state index in [0.717, 1.165) is 37.5 Å². The van der Waals surface area contributed by atoms with E-state index in [2.05, 4.69) is 0 Å². The first kappa shape index (κ1) is 13.9. The van der Waals surface area contributed by atoms with Gasteiger partial charge in [0.05, 0.1) is 6.61 Å². The predicted octanol–water partition coefficient (Wildman–Crippen LogP) is 3.02. The largest absolute Gasteiger partial charge is 0.465 e. The van der Waals surface area contributed by atoms with Crippen molar-refractivity contribution < 1.29 is 9.53 Å². The lowest BCUT2D eigenvalue weighted by Gasteiger charge is -2.39. The van der Waals surface area contributed by atoms with Gasteiger partial charge in [-0.1, -0.05) is 32.1 Å². The monoisotopic (exact) mass is 253 g/mol. The second-order valence-corrected chi connectivity index (χ2v) is 6.11. The zero-order chi connectivity index (χ0) is 13.0. The average Bonchev–Trinajstić information content (AvgIpc) is 2.41. The van der Waals surface area contributed by atoms with Crippen molar-refractivity contribution >= 4 is 5.97 Å². The van der Waals surface area contributed by atoms with Gasteiger partial charge in [-0.15, -0.1) is 0 Å². The highest BCUT2D eigenvalue weighted by Crippen LogP contribution is 2.40. The fraction of sp³-hybridized carbons (Fsp3) is 0.933. The SMILES string of the molecule is CCOC(=O)C1(N)CCC(C2CCCCC2)CC1. The molecule has 104 valence electrons. The Balaban J connectivity index is 1.84. The second-order valence-electron chi connectivity index (χ2n) is 6.11. The maximum absolute atomic E-state index is 11.9. The standard InChI is InChI=1S/C15H27NO2/c1-2-18-14(17)15(16)10-8-13(9-11-15)12-6-4-3-5-7-12/h12-13H,2-11,16H2,1H3. The van der Waals surface area contributed by atoms with Crippen molar-refractivity contribution in [1.29, 1.82) is 0 Å². The minimum Gasteiger partial charge on any atom is -0.465 e. The molecule has 2 rings (SSSR count). The summed E-state index contributed by atoms with van der Waals surface area (Å²) in [6.07, 6.45) is 10.8. The summed E-state index contributed by atoms with van der Waals surface area (Å²) in [6, 6.07) is 0. The van der Waals surface area contributed by atoms with Crippen molar-refractivity contribution in [3.05, 3.63) is 0 Å². The van der Waals surface area contributed by atoms with Gasteiger partial charge in [-0.2, -0.15) is 0 Å². The van der Waals surface area contributed by atoms with Gasteiger partial charge in [-0.05, 0) is 44.4 Å². The molecule has 0 spiro atoms. The fourth-order valence-corrected chi connectivity index (χ4v) is 3.71. The van der Waals surface area contributed by atoms with Crippen LogP contribution in [0, 0.1) is 11.8 Å². The van der Waals surface area contributed by atoms with E-state index in [-0.39, 0.29) is 5.97 Å². The molecule has 0 unspecified atom stereocenters. The van der Waals surface area contributed by atoms with E-state index < -0.39 is 5.54 Å². The molecule has 0 radical (unpaired) electrons. The molecule has 2 N–H and O–H groups in total. The molecule has 3 heteroatoms. The quantitative estimate of drug-likeness (QED) is 0.787. The number of hydrogen-bond acceptors (Lipinski definition) is 3. The van der Waals surface area contributed by atoms with Crippen LogP contribution in [-0.2, 0) is 9.53 Å². The van der Waals surface area contributed by atoms with Gasteiger partial charge in [0.25, 0.3) is 0 Å². The van der Waals surface area contributed by atoms with Crippen LogP contribution in [0.25, 0.3) is 0 Å². The number of hydrogen-bond donors (Lipinski definition) is 1. The highest BCUT2D eigenvalue weighted by Gasteiger charge is 2.41. The van der Waals surface area contributed by atoms with Crippen LogP contribution in [0.4, 0.5) is 0 Å². The lowest BCUT2D eigenvalue weighted by Crippen LogP contribution is -2.52. The molecule has 2 fully saturated rings. The Morgan fingerprint density at radius 1 is 1.11 bits per heavy atom. The highest BCUT2D eigenvalue weighted by molar-refractivity contribution is 5.80. The molecule has 2 aliphatic rings. The van der Waals surface area contributed by atoms with Crippen molar-refractivity contribution in [2.24, 2.45) is 17.6 Å². The Morgan fingerprint density at radius 3 is 2.22 bits per heavy atom. The van der Waals surface area contributed by atoms with Crippen molar-refractivity contribution in [3.63, 3.8) is 0 Å². The van der Waals surface area contributed by atoms with Crippen LogP contribution in [0.1, 0.15) is 64.7 Å². The third-order valence-electron chi connectivity index (χ3n) is 4.92. The fourth-order valence-electron chi connectivity index (χ4n) is 3.71. The van der Waals surface area contributed by atoms with Crippen LogP contribution in [0.3, 0.4) is 0 Å². The summed E-state index contributed by atoms with van der Waals surface area (Å²) < 4.78 is 5.10. The van der Waals surface area contributed by atoms with Gasteiger partial charge < -0.3 is 10.5 Å². The van der Waals surface area contributed by atoms with Crippen molar-refractivity contribution in [1.82, 2.24) is 0 Å². The first-order valence-electron chi connectivity index (χ1n) is 7.62. The zero-order valence-electron chi connectivity index (χ0n) is 11.6. The lowest BCUT2D eigenvalue weighted by molar-refractivity contribution is -0.151. The number of carbonyl (C=O) groups excluding carboxylic acids is 1. The van der Waals surface area contributed by atoms with Crippen LogP contribution in [0.15, 0.2) is 0 Å². The maximum atomic E-state index is 11.9. The van der Waals surface area contributed by atoms with Crippen LogP contribution < -0.4 is 5.73 Å². The lowest BCUT2D eigenvalue weighted by atomic mass is 9.69. The first-order valence-corrected chi connectivity index (χ1v) is 7.62. The average molecular weight is 253 g/mol. The molecule has 0 bridgehead atoms. The summed E-state index contributed by atoms with van der Waals surface area (Å²) in [5, 5.41) is 0. The Morgan fingerprint density at radius 2 is 1.67 bits per heavy atom. The van der Waals surface area contributed by atoms with E-state index >= 15 is 0 Å². The Hall–Kier alpha value is -0.570. The molecule has 18 heavy (non-hydrogen) atoms. The van der Waals surface area contributed by atoms with E-state index in [0.29, 0.717) is 6.61 Å². The Kier molecular flexibility index (Phi) is 4.66. The summed E-state index contributed by atoms with van der Waals surface area (Å²) in [6.45, 7) is 2.28. The minimum atomic E-state index is -0.693. The molecule has 2 saturated carbocycles. The van der Waals surface area contributed by atoms with Crippen molar-refractivity contribution in [2.45, 2.75) is 70.3 Å². The van der Waals surface area contributed by atoms with E-state index in [4.69, 9.17) is 10.5 Å². The van der Waals surface area contributed by atoms with Gasteiger partial charge in [0, 0.05) is 0 Å². The summed E-state index contributed by atoms with van der Waals surface area (Å²) in [4.78, 5) is 11.9. The number of carbonyl (C=O) groups is 1. The molecule has 2 aliphatic carbocycles. The van der Waals surface area contributed by atoms with Gasteiger partial charge in [0.2, 0.25) is 0 Å². The van der Waals surface area contributed by atoms with E-state index in [1.165, 1.54) is 32.1 Å². The Bertz CT molecular complexity index is 276. The van der Waals surface area contributed by atoms with Crippen LogP contribution in [-0.4, -0.2) is 18.1 Å². The first-order chi connectivity index (χ1) is 8.65. The van der Waals surface area contributed by atoms with Gasteiger partial charge in [0.1, 0.15) is 5.54 Å². The molecule has 0 amide bonds. The number of ether oxygens (including phenoxy) is 1. The third-order valence-corrected chi connectivity index (χ3v) is 4.92. The van der Waals surface area contributed by atoms with Crippen LogP contribution in [0.5, 0.6) is 0 Å². The van der Waals surface area contributed by atoms with E-state index in [1.54, 1.807) is 0 Å². The molecule has 0 aromatic rings. The Labute approximate surface area is 110 Å². The van der Waals surface area contributed by atoms with E-state index in [1.807, 2.05) is 6.92 Å². The molecule has 0 heterocycles. The second kappa shape index (κ2) is 6.05. The number of esters is 1. The molecule has 0 atom stereocenters. The summed E-state index contributed by atoms with van der Waals surface area (Å²) >= 11 is 0. The minimum absolute atomic E-state index is 0.188. The van der Waals surface area contributed by atoms with Crippen LogP contribution in [0.2, 0.25) is 0 Å². The van der Waals surface area contributed by atoms with E-state index in [9.17, 15) is 4.79 Å². The van der Waals surface area contributed by atoms with Gasteiger partial charge in [-0.3, -0.25) is 4.79 Å². The maximum Gasteiger partial charge on any atom is 0.326 e. The van der Waals surface area contributed by atoms with Crippen molar-refractivity contribution in [3.8, 4) is 0 Å². The molecule has 0 aromatic heterocycles. The summed E-state index contributed by atoms with van der Waals surface area (Å²) in [7, 11) is 0. The number of nitrogens with two attached hydrogens (primary N) is 1. The van der Waals surface area contributed by atoms with Crippen LogP contribution >= 0.6 is 0 Å². The third kappa shape index (κ3) is 3.05. The molecular weight excluding hydrogens is 226 g/mol. The highest BCUT2D eigenvalue weighted by atomic mass is 16.5. The zero-order valence-corrected chi connectivity index (χ0v) is 11.6.